The Morgan fingerprint density at radius 2 is 2.12 bits per heavy atom. The Morgan fingerprint density at radius 1 is 1.41 bits per heavy atom. The molecule has 88 valence electrons. The summed E-state index contributed by atoms with van der Waals surface area (Å²) in [5, 5.41) is 9.59. The van der Waals surface area contributed by atoms with E-state index in [0.717, 1.165) is 10.6 Å². The summed E-state index contributed by atoms with van der Waals surface area (Å²) in [7, 11) is 0. The number of hydrogen-bond donors (Lipinski definition) is 1. The Labute approximate surface area is 104 Å². The van der Waals surface area contributed by atoms with Gasteiger partial charge >= 0.3 is 5.97 Å². The number of nitrogens with zero attached hydrogens (tertiary/aromatic N) is 1. The zero-order valence-electron chi connectivity index (χ0n) is 9.46. The van der Waals surface area contributed by atoms with Crippen LogP contribution >= 0.6 is 11.8 Å². The molecule has 0 aromatic heterocycles. The summed E-state index contributed by atoms with van der Waals surface area (Å²) < 4.78 is 0. The molecular weight excluding hydrogens is 234 g/mol. The van der Waals surface area contributed by atoms with Gasteiger partial charge in [-0.2, -0.15) is 0 Å². The van der Waals surface area contributed by atoms with Crippen LogP contribution in [0.25, 0.3) is 6.08 Å². The second-order valence-corrected chi connectivity index (χ2v) is 4.92. The molecule has 17 heavy (non-hydrogen) atoms. The first-order chi connectivity index (χ1) is 8.15. The fraction of sp³-hybridized carbons (Fsp3) is 0.231. The minimum absolute atomic E-state index is 0.531. The van der Waals surface area contributed by atoms with Crippen LogP contribution in [-0.4, -0.2) is 27.9 Å². The van der Waals surface area contributed by atoms with Crippen molar-refractivity contribution in [1.29, 1.82) is 0 Å². The monoisotopic (exact) mass is 247 g/mol. The summed E-state index contributed by atoms with van der Waals surface area (Å²) in [5.74, 6) is -0.320. The highest BCUT2D eigenvalue weighted by Gasteiger charge is 2.22. The molecular formula is C13H13NO2S. The number of aliphatic carboxylic acids is 1. The number of benzene rings is 1. The molecule has 0 fully saturated rings. The SMILES string of the molecule is Cc1ccc(C=CC2=NC(C(=O)O)CS2)cc1. The minimum Gasteiger partial charge on any atom is -0.480 e. The van der Waals surface area contributed by atoms with Crippen LogP contribution in [0.3, 0.4) is 0 Å². The van der Waals surface area contributed by atoms with Gasteiger partial charge in [0, 0.05) is 5.75 Å². The molecule has 1 unspecified atom stereocenters. The first-order valence-corrected chi connectivity index (χ1v) is 6.32. The summed E-state index contributed by atoms with van der Waals surface area (Å²) in [6.45, 7) is 2.04. The van der Waals surface area contributed by atoms with E-state index >= 15 is 0 Å². The molecule has 1 N–H and O–H groups in total. The number of carbonyl (C=O) groups is 1. The van der Waals surface area contributed by atoms with Crippen LogP contribution in [0.4, 0.5) is 0 Å². The first-order valence-electron chi connectivity index (χ1n) is 5.33. The van der Waals surface area contributed by atoms with E-state index in [-0.39, 0.29) is 0 Å². The molecule has 0 spiro atoms. The van der Waals surface area contributed by atoms with E-state index in [1.54, 1.807) is 0 Å². The zero-order valence-corrected chi connectivity index (χ0v) is 10.3. The van der Waals surface area contributed by atoms with E-state index in [0.29, 0.717) is 5.75 Å². The maximum atomic E-state index is 10.7. The van der Waals surface area contributed by atoms with E-state index in [4.69, 9.17) is 5.11 Å². The van der Waals surface area contributed by atoms with Crippen molar-refractivity contribution < 1.29 is 9.90 Å². The number of thioether (sulfide) groups is 1. The molecule has 0 bridgehead atoms. The topological polar surface area (TPSA) is 49.7 Å². The number of carboxylic acid groups (broad SMARTS) is 1. The lowest BCUT2D eigenvalue weighted by Gasteiger charge is -1.94. The fourth-order valence-electron chi connectivity index (χ4n) is 1.46. The van der Waals surface area contributed by atoms with Gasteiger partial charge in [0.05, 0.1) is 5.04 Å². The normalized spacial score (nSPS) is 19.6. The zero-order chi connectivity index (χ0) is 12.3. The summed E-state index contributed by atoms with van der Waals surface area (Å²) in [4.78, 5) is 14.8. The Balaban J connectivity index is 2.04. The molecule has 1 atom stereocenters. The van der Waals surface area contributed by atoms with E-state index in [9.17, 15) is 4.79 Å². The first kappa shape index (κ1) is 11.9. The average Bonchev–Trinajstić information content (AvgIpc) is 2.77. The van der Waals surface area contributed by atoms with Gasteiger partial charge in [-0.05, 0) is 18.6 Å². The van der Waals surface area contributed by atoms with Crippen molar-refractivity contribution in [2.45, 2.75) is 13.0 Å². The summed E-state index contributed by atoms with van der Waals surface area (Å²) in [6, 6.07) is 7.56. The summed E-state index contributed by atoms with van der Waals surface area (Å²) in [6.07, 6.45) is 3.83. The molecule has 0 amide bonds. The van der Waals surface area contributed by atoms with Crippen LogP contribution in [0.2, 0.25) is 0 Å². The van der Waals surface area contributed by atoms with Gasteiger partial charge in [-0.15, -0.1) is 11.8 Å². The fourth-order valence-corrected chi connectivity index (χ4v) is 2.37. The third-order valence-corrected chi connectivity index (χ3v) is 3.47. The van der Waals surface area contributed by atoms with Crippen molar-refractivity contribution in [2.75, 3.05) is 5.75 Å². The van der Waals surface area contributed by atoms with E-state index in [2.05, 4.69) is 4.99 Å². The number of rotatable bonds is 3. The highest BCUT2D eigenvalue weighted by Crippen LogP contribution is 2.19. The Kier molecular flexibility index (Phi) is 3.64. The quantitative estimate of drug-likeness (QED) is 0.893. The Hall–Kier alpha value is -1.55. The minimum atomic E-state index is -0.851. The molecule has 4 heteroatoms. The number of hydrogen-bond acceptors (Lipinski definition) is 3. The molecule has 3 nitrogen and oxygen atoms in total. The molecule has 1 heterocycles. The molecule has 1 aromatic rings. The van der Waals surface area contributed by atoms with Crippen molar-refractivity contribution in [3.63, 3.8) is 0 Å². The molecule has 0 radical (unpaired) electrons. The summed E-state index contributed by atoms with van der Waals surface area (Å²) >= 11 is 1.48. The predicted octanol–water partition coefficient (Wildman–Crippen LogP) is 2.61. The molecule has 0 saturated carbocycles. The van der Waals surface area contributed by atoms with Crippen LogP contribution in [-0.2, 0) is 4.79 Å². The molecule has 1 aliphatic heterocycles. The molecule has 1 aliphatic rings. The molecule has 1 aromatic carbocycles. The van der Waals surface area contributed by atoms with Crippen molar-refractivity contribution in [2.24, 2.45) is 4.99 Å². The summed E-state index contributed by atoms with van der Waals surface area (Å²) in [5.41, 5.74) is 2.32. The standard InChI is InChI=1S/C13H13NO2S/c1-9-2-4-10(5-3-9)6-7-12-14-11(8-17-12)13(15)16/h2-7,11H,8H2,1H3,(H,15,16). The third-order valence-electron chi connectivity index (χ3n) is 2.45. The number of aliphatic imine (C=N–C) groups is 1. The van der Waals surface area contributed by atoms with Gasteiger partial charge in [-0.25, -0.2) is 4.79 Å². The lowest BCUT2D eigenvalue weighted by Crippen LogP contribution is -2.16. The van der Waals surface area contributed by atoms with Gasteiger partial charge in [0.2, 0.25) is 0 Å². The number of carboxylic acids is 1. The van der Waals surface area contributed by atoms with Gasteiger partial charge < -0.3 is 5.11 Å². The Bertz CT molecular complexity index is 477. The van der Waals surface area contributed by atoms with Crippen molar-refractivity contribution in [1.82, 2.24) is 0 Å². The maximum Gasteiger partial charge on any atom is 0.329 e. The predicted molar refractivity (Wildman–Crippen MR) is 71.5 cm³/mol. The smallest absolute Gasteiger partial charge is 0.329 e. The van der Waals surface area contributed by atoms with E-state index in [1.807, 2.05) is 43.3 Å². The molecule has 0 aliphatic carbocycles. The van der Waals surface area contributed by atoms with Crippen LogP contribution < -0.4 is 0 Å². The van der Waals surface area contributed by atoms with Gasteiger partial charge in [-0.3, -0.25) is 4.99 Å². The van der Waals surface area contributed by atoms with E-state index in [1.165, 1.54) is 17.3 Å². The lowest BCUT2D eigenvalue weighted by atomic mass is 10.1. The van der Waals surface area contributed by atoms with Crippen LogP contribution in [0.1, 0.15) is 11.1 Å². The van der Waals surface area contributed by atoms with Crippen molar-refractivity contribution in [3.8, 4) is 0 Å². The third kappa shape index (κ3) is 3.20. The average molecular weight is 247 g/mol. The number of aryl methyl sites for hydroxylation is 1. The Morgan fingerprint density at radius 3 is 2.71 bits per heavy atom. The van der Waals surface area contributed by atoms with Crippen LogP contribution in [0, 0.1) is 6.92 Å². The highest BCUT2D eigenvalue weighted by atomic mass is 32.2. The van der Waals surface area contributed by atoms with Gasteiger partial charge in [-0.1, -0.05) is 35.9 Å². The van der Waals surface area contributed by atoms with Gasteiger partial charge in [0.25, 0.3) is 0 Å². The highest BCUT2D eigenvalue weighted by molar-refractivity contribution is 8.14. The van der Waals surface area contributed by atoms with Crippen molar-refractivity contribution in [3.05, 3.63) is 41.5 Å². The van der Waals surface area contributed by atoms with Crippen molar-refractivity contribution >= 4 is 28.9 Å². The lowest BCUT2D eigenvalue weighted by molar-refractivity contribution is -0.137. The van der Waals surface area contributed by atoms with Gasteiger partial charge in [0.1, 0.15) is 0 Å². The molecule has 0 saturated heterocycles. The second-order valence-electron chi connectivity index (χ2n) is 3.88. The van der Waals surface area contributed by atoms with Gasteiger partial charge in [0.15, 0.2) is 6.04 Å². The van der Waals surface area contributed by atoms with E-state index < -0.39 is 12.0 Å². The van der Waals surface area contributed by atoms with Crippen LogP contribution in [0.5, 0.6) is 0 Å². The second kappa shape index (κ2) is 5.19. The molecule has 2 rings (SSSR count). The largest absolute Gasteiger partial charge is 0.480 e. The van der Waals surface area contributed by atoms with Crippen LogP contribution in [0.15, 0.2) is 35.3 Å². The maximum absolute atomic E-state index is 10.7.